The number of carbonyl (C=O) groups is 1. The maximum Gasteiger partial charge on any atom is 0.269 e. The number of nitrogens with zero attached hydrogens (tertiary/aromatic N) is 1. The Hall–Kier alpha value is -1.91. The maximum atomic E-state index is 10.6. The van der Waals surface area contributed by atoms with Crippen LogP contribution in [0.25, 0.3) is 0 Å². The zero-order chi connectivity index (χ0) is 11.4. The number of nitro benzene ring substituents is 1. The Morgan fingerprint density at radius 2 is 2.20 bits per heavy atom. The second-order valence-corrected chi connectivity index (χ2v) is 3.33. The summed E-state index contributed by atoms with van der Waals surface area (Å²) in [6.45, 7) is 1.85. The van der Waals surface area contributed by atoms with E-state index in [9.17, 15) is 14.9 Å². The molecule has 1 amide bonds. The fourth-order valence-electron chi connectivity index (χ4n) is 1.30. The van der Waals surface area contributed by atoms with E-state index in [1.54, 1.807) is 6.07 Å². The molecule has 15 heavy (non-hydrogen) atoms. The zero-order valence-electron chi connectivity index (χ0n) is 8.40. The maximum absolute atomic E-state index is 10.6. The molecule has 5 nitrogen and oxygen atoms in total. The SMILES string of the molecule is Cc1ccc([N+](=O)[O-])cc1CCC(N)=O. The Morgan fingerprint density at radius 1 is 1.53 bits per heavy atom. The van der Waals surface area contributed by atoms with Crippen LogP contribution in [0.1, 0.15) is 17.5 Å². The predicted octanol–water partition coefficient (Wildman–Crippen LogP) is 1.32. The van der Waals surface area contributed by atoms with E-state index >= 15 is 0 Å². The summed E-state index contributed by atoms with van der Waals surface area (Å²) in [4.78, 5) is 20.7. The van der Waals surface area contributed by atoms with Crippen LogP contribution in [0.5, 0.6) is 0 Å². The molecule has 5 heteroatoms. The minimum atomic E-state index is -0.451. The van der Waals surface area contributed by atoms with Crippen LogP contribution in [0, 0.1) is 17.0 Å². The fourth-order valence-corrected chi connectivity index (χ4v) is 1.30. The van der Waals surface area contributed by atoms with E-state index in [1.807, 2.05) is 6.92 Å². The average molecular weight is 208 g/mol. The molecule has 0 saturated carbocycles. The monoisotopic (exact) mass is 208 g/mol. The van der Waals surface area contributed by atoms with Crippen LogP contribution < -0.4 is 5.73 Å². The van der Waals surface area contributed by atoms with Crippen LogP contribution >= 0.6 is 0 Å². The molecule has 0 atom stereocenters. The molecule has 0 bridgehead atoms. The minimum Gasteiger partial charge on any atom is -0.370 e. The summed E-state index contributed by atoms with van der Waals surface area (Å²) >= 11 is 0. The standard InChI is InChI=1S/C10H12N2O3/c1-7-2-4-9(12(14)15)6-8(7)3-5-10(11)13/h2,4,6H,3,5H2,1H3,(H2,11,13). The lowest BCUT2D eigenvalue weighted by molar-refractivity contribution is -0.384. The molecule has 0 saturated heterocycles. The summed E-state index contributed by atoms with van der Waals surface area (Å²) in [7, 11) is 0. The van der Waals surface area contributed by atoms with Crippen LogP contribution in [0.4, 0.5) is 5.69 Å². The topological polar surface area (TPSA) is 86.2 Å². The van der Waals surface area contributed by atoms with Crippen LogP contribution in [-0.4, -0.2) is 10.8 Å². The van der Waals surface area contributed by atoms with E-state index in [0.29, 0.717) is 6.42 Å². The summed E-state index contributed by atoms with van der Waals surface area (Å²) in [5, 5.41) is 10.5. The van der Waals surface area contributed by atoms with Gasteiger partial charge in [-0.3, -0.25) is 14.9 Å². The van der Waals surface area contributed by atoms with Crippen molar-refractivity contribution in [2.24, 2.45) is 5.73 Å². The molecular weight excluding hydrogens is 196 g/mol. The lowest BCUT2D eigenvalue weighted by Gasteiger charge is -2.03. The second kappa shape index (κ2) is 4.54. The highest BCUT2D eigenvalue weighted by atomic mass is 16.6. The predicted molar refractivity (Wildman–Crippen MR) is 55.3 cm³/mol. The molecular formula is C10H12N2O3. The van der Waals surface area contributed by atoms with Gasteiger partial charge in [0.15, 0.2) is 0 Å². The van der Waals surface area contributed by atoms with Crippen LogP contribution in [0.2, 0.25) is 0 Å². The average Bonchev–Trinajstić information content (AvgIpc) is 2.16. The quantitative estimate of drug-likeness (QED) is 0.598. The smallest absolute Gasteiger partial charge is 0.269 e. The molecule has 80 valence electrons. The third-order valence-corrected chi connectivity index (χ3v) is 2.18. The first-order valence-electron chi connectivity index (χ1n) is 4.53. The summed E-state index contributed by atoms with van der Waals surface area (Å²) in [6, 6.07) is 4.61. The van der Waals surface area contributed by atoms with Crippen LogP contribution in [0.3, 0.4) is 0 Å². The summed E-state index contributed by atoms with van der Waals surface area (Å²) in [6.07, 6.45) is 0.658. The van der Waals surface area contributed by atoms with E-state index < -0.39 is 10.8 Å². The molecule has 0 aliphatic rings. The molecule has 1 aromatic carbocycles. The molecule has 0 spiro atoms. The first-order valence-corrected chi connectivity index (χ1v) is 4.53. The molecule has 1 rings (SSSR count). The lowest BCUT2D eigenvalue weighted by Crippen LogP contribution is -2.11. The van der Waals surface area contributed by atoms with E-state index in [2.05, 4.69) is 0 Å². The molecule has 0 aromatic heterocycles. The highest BCUT2D eigenvalue weighted by molar-refractivity contribution is 5.74. The Balaban J connectivity index is 2.90. The molecule has 0 aliphatic carbocycles. The first-order chi connectivity index (χ1) is 7.00. The number of primary amides is 1. The van der Waals surface area contributed by atoms with Gasteiger partial charge < -0.3 is 5.73 Å². The van der Waals surface area contributed by atoms with Gasteiger partial charge in [0.2, 0.25) is 5.91 Å². The number of nitro groups is 1. The van der Waals surface area contributed by atoms with Gasteiger partial charge in [0.05, 0.1) is 4.92 Å². The number of non-ortho nitro benzene ring substituents is 1. The van der Waals surface area contributed by atoms with Gasteiger partial charge in [-0.15, -0.1) is 0 Å². The van der Waals surface area contributed by atoms with Crippen LogP contribution in [-0.2, 0) is 11.2 Å². The molecule has 0 aliphatic heterocycles. The van der Waals surface area contributed by atoms with Crippen molar-refractivity contribution in [1.82, 2.24) is 0 Å². The number of carbonyl (C=O) groups excluding carboxylic acids is 1. The number of benzene rings is 1. The Kier molecular flexibility index (Phi) is 3.38. The molecule has 0 fully saturated rings. The number of hydrogen-bond donors (Lipinski definition) is 1. The summed E-state index contributed by atoms with van der Waals surface area (Å²) in [5.74, 6) is -0.402. The molecule has 0 heterocycles. The summed E-state index contributed by atoms with van der Waals surface area (Å²) < 4.78 is 0. The van der Waals surface area contributed by atoms with Gasteiger partial charge in [0.1, 0.15) is 0 Å². The van der Waals surface area contributed by atoms with Crippen molar-refractivity contribution in [3.05, 3.63) is 39.4 Å². The van der Waals surface area contributed by atoms with Crippen molar-refractivity contribution in [2.45, 2.75) is 19.8 Å². The third-order valence-electron chi connectivity index (χ3n) is 2.18. The number of amides is 1. The Labute approximate surface area is 87.0 Å². The van der Waals surface area contributed by atoms with Gasteiger partial charge in [0, 0.05) is 18.6 Å². The van der Waals surface area contributed by atoms with Crippen molar-refractivity contribution in [3.8, 4) is 0 Å². The fraction of sp³-hybridized carbons (Fsp3) is 0.300. The van der Waals surface area contributed by atoms with Crippen molar-refractivity contribution >= 4 is 11.6 Å². The number of nitrogens with two attached hydrogens (primary N) is 1. The number of hydrogen-bond acceptors (Lipinski definition) is 3. The second-order valence-electron chi connectivity index (χ2n) is 3.33. The van der Waals surface area contributed by atoms with Gasteiger partial charge in [-0.1, -0.05) is 6.07 Å². The highest BCUT2D eigenvalue weighted by Crippen LogP contribution is 2.18. The molecule has 1 aromatic rings. The van der Waals surface area contributed by atoms with E-state index in [1.165, 1.54) is 12.1 Å². The number of rotatable bonds is 4. The Morgan fingerprint density at radius 3 is 2.73 bits per heavy atom. The van der Waals surface area contributed by atoms with E-state index in [4.69, 9.17) is 5.73 Å². The van der Waals surface area contributed by atoms with Crippen LogP contribution in [0.15, 0.2) is 18.2 Å². The highest BCUT2D eigenvalue weighted by Gasteiger charge is 2.08. The van der Waals surface area contributed by atoms with Crippen molar-refractivity contribution < 1.29 is 9.72 Å². The molecule has 0 unspecified atom stereocenters. The zero-order valence-corrected chi connectivity index (χ0v) is 8.40. The van der Waals surface area contributed by atoms with Gasteiger partial charge in [-0.2, -0.15) is 0 Å². The van der Waals surface area contributed by atoms with Gasteiger partial charge in [-0.25, -0.2) is 0 Å². The van der Waals surface area contributed by atoms with Gasteiger partial charge in [-0.05, 0) is 24.5 Å². The molecule has 2 N–H and O–H groups in total. The largest absolute Gasteiger partial charge is 0.370 e. The lowest BCUT2D eigenvalue weighted by atomic mass is 10.0. The van der Waals surface area contributed by atoms with Crippen molar-refractivity contribution in [3.63, 3.8) is 0 Å². The minimum absolute atomic E-state index is 0.0417. The third kappa shape index (κ3) is 3.05. The number of aryl methyl sites for hydroxylation is 2. The van der Waals surface area contributed by atoms with E-state index in [-0.39, 0.29) is 12.1 Å². The summed E-state index contributed by atoms with van der Waals surface area (Å²) in [5.41, 5.74) is 6.78. The molecule has 0 radical (unpaired) electrons. The normalized spacial score (nSPS) is 9.93. The van der Waals surface area contributed by atoms with Gasteiger partial charge >= 0.3 is 0 Å². The Bertz CT molecular complexity index is 402. The van der Waals surface area contributed by atoms with Crippen molar-refractivity contribution in [2.75, 3.05) is 0 Å². The van der Waals surface area contributed by atoms with Crippen molar-refractivity contribution in [1.29, 1.82) is 0 Å². The van der Waals surface area contributed by atoms with E-state index in [0.717, 1.165) is 11.1 Å². The van der Waals surface area contributed by atoms with Gasteiger partial charge in [0.25, 0.3) is 5.69 Å². The first kappa shape index (κ1) is 11.2.